The molecule has 0 atom stereocenters. The molecular formula is C12H24N2O5. The van der Waals surface area contributed by atoms with Crippen LogP contribution >= 0.6 is 0 Å². The van der Waals surface area contributed by atoms with Crippen LogP contribution in [0.1, 0.15) is 20.8 Å². The first-order valence-electron chi connectivity index (χ1n) is 6.15. The lowest BCUT2D eigenvalue weighted by Gasteiger charge is -2.24. The summed E-state index contributed by atoms with van der Waals surface area (Å²) in [7, 11) is 1.50. The van der Waals surface area contributed by atoms with E-state index in [9.17, 15) is 9.59 Å². The Morgan fingerprint density at radius 2 is 1.89 bits per heavy atom. The van der Waals surface area contributed by atoms with Gasteiger partial charge < -0.3 is 24.8 Å². The summed E-state index contributed by atoms with van der Waals surface area (Å²) in [5.74, 6) is -0.291. The zero-order valence-electron chi connectivity index (χ0n) is 12.1. The molecule has 7 heteroatoms. The number of nitrogens with one attached hydrogen (secondary N) is 1. The van der Waals surface area contributed by atoms with Crippen molar-refractivity contribution in [1.82, 2.24) is 10.2 Å². The first-order valence-corrected chi connectivity index (χ1v) is 6.15. The van der Waals surface area contributed by atoms with Crippen LogP contribution in [0.2, 0.25) is 0 Å². The number of aliphatic hydroxyl groups is 1. The Labute approximate surface area is 113 Å². The monoisotopic (exact) mass is 276 g/mol. The predicted molar refractivity (Wildman–Crippen MR) is 69.8 cm³/mol. The molecule has 0 aromatic carbocycles. The molecule has 0 unspecified atom stereocenters. The van der Waals surface area contributed by atoms with Gasteiger partial charge in [-0.1, -0.05) is 0 Å². The van der Waals surface area contributed by atoms with E-state index in [-0.39, 0.29) is 25.7 Å². The van der Waals surface area contributed by atoms with Crippen LogP contribution in [0.3, 0.4) is 0 Å². The van der Waals surface area contributed by atoms with E-state index < -0.39 is 11.7 Å². The minimum Gasteiger partial charge on any atom is -0.444 e. The van der Waals surface area contributed by atoms with E-state index in [0.717, 1.165) is 0 Å². The minimum atomic E-state index is -0.583. The number of hydrogen-bond donors (Lipinski definition) is 2. The van der Waals surface area contributed by atoms with Gasteiger partial charge in [-0.3, -0.25) is 4.79 Å². The molecule has 0 saturated carbocycles. The van der Waals surface area contributed by atoms with E-state index >= 15 is 0 Å². The summed E-state index contributed by atoms with van der Waals surface area (Å²) in [5.41, 5.74) is -0.583. The molecule has 0 aromatic heterocycles. The molecular weight excluding hydrogens is 252 g/mol. The smallest absolute Gasteiger partial charge is 0.410 e. The molecule has 0 aliphatic carbocycles. The molecule has 0 bridgehead atoms. The normalized spacial score (nSPS) is 11.0. The average Bonchev–Trinajstić information content (AvgIpc) is 2.26. The van der Waals surface area contributed by atoms with Gasteiger partial charge in [0.15, 0.2) is 0 Å². The van der Waals surface area contributed by atoms with Crippen LogP contribution < -0.4 is 5.32 Å². The van der Waals surface area contributed by atoms with Gasteiger partial charge in [-0.2, -0.15) is 0 Å². The Kier molecular flexibility index (Phi) is 8.09. The van der Waals surface area contributed by atoms with Gasteiger partial charge in [0.2, 0.25) is 5.91 Å². The van der Waals surface area contributed by atoms with E-state index in [1.165, 1.54) is 11.9 Å². The van der Waals surface area contributed by atoms with Gasteiger partial charge in [0.25, 0.3) is 0 Å². The summed E-state index contributed by atoms with van der Waals surface area (Å²) in [5, 5.41) is 11.1. The first-order chi connectivity index (χ1) is 8.76. The molecule has 112 valence electrons. The van der Waals surface area contributed by atoms with Crippen LogP contribution in [0.25, 0.3) is 0 Å². The fourth-order valence-electron chi connectivity index (χ4n) is 1.10. The summed E-state index contributed by atoms with van der Waals surface area (Å²) < 4.78 is 10.1. The van der Waals surface area contributed by atoms with Crippen molar-refractivity contribution in [2.75, 3.05) is 40.0 Å². The number of hydrogen-bond acceptors (Lipinski definition) is 5. The second kappa shape index (κ2) is 8.71. The maximum Gasteiger partial charge on any atom is 0.410 e. The lowest BCUT2D eigenvalue weighted by atomic mass is 10.2. The van der Waals surface area contributed by atoms with E-state index in [1.807, 2.05) is 0 Å². The summed E-state index contributed by atoms with van der Waals surface area (Å²) in [6.07, 6.45) is -0.542. The zero-order chi connectivity index (χ0) is 14.9. The third-order valence-corrected chi connectivity index (χ3v) is 1.89. The molecule has 2 N–H and O–H groups in total. The van der Waals surface area contributed by atoms with Crippen LogP contribution in [-0.2, 0) is 14.3 Å². The Bertz CT molecular complexity index is 288. The highest BCUT2D eigenvalue weighted by Gasteiger charge is 2.20. The van der Waals surface area contributed by atoms with Crippen LogP contribution in [0.4, 0.5) is 4.79 Å². The van der Waals surface area contributed by atoms with Crippen molar-refractivity contribution < 1.29 is 24.2 Å². The maximum atomic E-state index is 11.6. The van der Waals surface area contributed by atoms with Gasteiger partial charge in [0, 0.05) is 13.6 Å². The number of ether oxygens (including phenoxy) is 2. The lowest BCUT2D eigenvalue weighted by molar-refractivity contribution is -0.122. The number of likely N-dealkylation sites (N-methyl/N-ethyl adjacent to an activating group) is 1. The molecule has 19 heavy (non-hydrogen) atoms. The topological polar surface area (TPSA) is 88.1 Å². The van der Waals surface area contributed by atoms with Crippen molar-refractivity contribution in [2.45, 2.75) is 26.4 Å². The zero-order valence-corrected chi connectivity index (χ0v) is 12.1. The summed E-state index contributed by atoms with van der Waals surface area (Å²) in [4.78, 5) is 24.3. The Hall–Kier alpha value is -1.34. The van der Waals surface area contributed by atoms with Crippen molar-refractivity contribution in [3.63, 3.8) is 0 Å². The molecule has 2 amide bonds. The van der Waals surface area contributed by atoms with E-state index in [2.05, 4.69) is 5.32 Å². The van der Waals surface area contributed by atoms with Crippen LogP contribution in [-0.4, -0.2) is 67.6 Å². The second-order valence-corrected chi connectivity index (χ2v) is 5.02. The summed E-state index contributed by atoms with van der Waals surface area (Å²) >= 11 is 0. The van der Waals surface area contributed by atoms with Crippen LogP contribution in [0.5, 0.6) is 0 Å². The number of carbonyl (C=O) groups excluding carboxylic acids is 2. The molecule has 0 fully saturated rings. The van der Waals surface area contributed by atoms with Crippen molar-refractivity contribution in [1.29, 1.82) is 0 Å². The van der Waals surface area contributed by atoms with Gasteiger partial charge in [-0.15, -0.1) is 0 Å². The molecule has 0 aromatic rings. The van der Waals surface area contributed by atoms with Crippen LogP contribution in [0.15, 0.2) is 0 Å². The fourth-order valence-corrected chi connectivity index (χ4v) is 1.10. The highest BCUT2D eigenvalue weighted by atomic mass is 16.6. The molecule has 0 heterocycles. The molecule has 7 nitrogen and oxygen atoms in total. The molecule has 0 aliphatic rings. The van der Waals surface area contributed by atoms with Gasteiger partial charge in [0.1, 0.15) is 12.1 Å². The lowest BCUT2D eigenvalue weighted by Crippen LogP contribution is -2.41. The maximum absolute atomic E-state index is 11.6. The van der Waals surface area contributed by atoms with Gasteiger partial charge in [-0.25, -0.2) is 4.79 Å². The predicted octanol–water partition coefficient (Wildman–Crippen LogP) is -0.0216. The molecule has 0 spiro atoms. The fraction of sp³-hybridized carbons (Fsp3) is 0.833. The van der Waals surface area contributed by atoms with Crippen molar-refractivity contribution in [3.8, 4) is 0 Å². The molecule has 0 radical (unpaired) electrons. The highest BCUT2D eigenvalue weighted by Crippen LogP contribution is 2.08. The van der Waals surface area contributed by atoms with Crippen LogP contribution in [0, 0.1) is 0 Å². The van der Waals surface area contributed by atoms with E-state index in [1.54, 1.807) is 20.8 Å². The van der Waals surface area contributed by atoms with Gasteiger partial charge in [0.05, 0.1) is 19.8 Å². The Morgan fingerprint density at radius 3 is 2.42 bits per heavy atom. The van der Waals surface area contributed by atoms with E-state index in [4.69, 9.17) is 14.6 Å². The quantitative estimate of drug-likeness (QED) is 0.638. The number of aliphatic hydroxyl groups excluding tert-OH is 1. The molecule has 0 aliphatic heterocycles. The SMILES string of the molecule is CN(CC(=O)NCCOCCO)C(=O)OC(C)(C)C. The Morgan fingerprint density at radius 1 is 1.26 bits per heavy atom. The van der Waals surface area contributed by atoms with E-state index in [0.29, 0.717) is 13.2 Å². The largest absolute Gasteiger partial charge is 0.444 e. The Balaban J connectivity index is 3.83. The summed E-state index contributed by atoms with van der Waals surface area (Å²) in [6.45, 7) is 6.06. The third kappa shape index (κ3) is 10.3. The number of nitrogens with zero attached hydrogens (tertiary/aromatic N) is 1. The standard InChI is InChI=1S/C12H24N2O5/c1-12(2,3)19-11(17)14(4)9-10(16)13-5-7-18-8-6-15/h15H,5-9H2,1-4H3,(H,13,16). The molecule has 0 saturated heterocycles. The summed E-state index contributed by atoms with van der Waals surface area (Å²) in [6, 6.07) is 0. The first kappa shape index (κ1) is 17.7. The van der Waals surface area contributed by atoms with Crippen molar-refractivity contribution >= 4 is 12.0 Å². The second-order valence-electron chi connectivity index (χ2n) is 5.02. The minimum absolute atomic E-state index is 0.0463. The number of amides is 2. The van der Waals surface area contributed by atoms with Crippen molar-refractivity contribution in [2.24, 2.45) is 0 Å². The molecule has 0 rings (SSSR count). The average molecular weight is 276 g/mol. The number of rotatable bonds is 7. The van der Waals surface area contributed by atoms with Gasteiger partial charge >= 0.3 is 6.09 Å². The number of carbonyl (C=O) groups is 2. The highest BCUT2D eigenvalue weighted by molar-refractivity contribution is 5.82. The van der Waals surface area contributed by atoms with Crippen molar-refractivity contribution in [3.05, 3.63) is 0 Å². The third-order valence-electron chi connectivity index (χ3n) is 1.89. The van der Waals surface area contributed by atoms with Gasteiger partial charge in [-0.05, 0) is 20.8 Å².